The third-order valence-electron chi connectivity index (χ3n) is 6.57. The van der Waals surface area contributed by atoms with Gasteiger partial charge in [-0.3, -0.25) is 0 Å². The molecule has 5 aromatic carbocycles. The van der Waals surface area contributed by atoms with Gasteiger partial charge in [-0.2, -0.15) is 0 Å². The number of hydrogen-bond donors (Lipinski definition) is 0. The van der Waals surface area contributed by atoms with E-state index >= 15 is 0 Å². The maximum atomic E-state index is 2.42. The van der Waals surface area contributed by atoms with Crippen LogP contribution in [-0.2, 0) is 0 Å². The lowest BCUT2D eigenvalue weighted by molar-refractivity contribution is 1.49. The van der Waals surface area contributed by atoms with E-state index in [-0.39, 0.29) is 0 Å². The second-order valence-electron chi connectivity index (χ2n) is 8.10. The quantitative estimate of drug-likeness (QED) is 0.250. The standard InChI is InChI=1S/C30H22/c1-3-21-22-13-7-10-16-25(22)29-18-28-24-15-9-8-14-23(24)27(20-11-5-4-6-12-20)17-26(28)19(2)30(21)29/h3-18H,1-2H3/b21-3-. The van der Waals surface area contributed by atoms with Crippen LogP contribution in [0, 0.1) is 6.92 Å². The molecule has 0 heterocycles. The minimum Gasteiger partial charge on any atom is -0.0791 e. The van der Waals surface area contributed by atoms with Gasteiger partial charge in [-0.1, -0.05) is 84.9 Å². The van der Waals surface area contributed by atoms with Gasteiger partial charge in [0.15, 0.2) is 0 Å². The second kappa shape index (κ2) is 6.43. The summed E-state index contributed by atoms with van der Waals surface area (Å²) in [5, 5.41) is 5.33. The van der Waals surface area contributed by atoms with Crippen molar-refractivity contribution in [2.24, 2.45) is 0 Å². The molecule has 0 bridgehead atoms. The highest BCUT2D eigenvalue weighted by Crippen LogP contribution is 2.49. The Labute approximate surface area is 177 Å². The summed E-state index contributed by atoms with van der Waals surface area (Å²) in [6.45, 7) is 4.45. The molecule has 142 valence electrons. The zero-order chi connectivity index (χ0) is 20.2. The average molecular weight is 383 g/mol. The summed E-state index contributed by atoms with van der Waals surface area (Å²) in [7, 11) is 0. The van der Waals surface area contributed by atoms with Crippen molar-refractivity contribution in [3.05, 3.63) is 114 Å². The Bertz CT molecular complexity index is 1480. The summed E-state index contributed by atoms with van der Waals surface area (Å²) in [5.41, 5.74) is 10.7. The van der Waals surface area contributed by atoms with E-state index in [1.807, 2.05) is 0 Å². The van der Waals surface area contributed by atoms with E-state index in [4.69, 9.17) is 0 Å². The number of fused-ring (bicyclic) bond motifs is 6. The van der Waals surface area contributed by atoms with Gasteiger partial charge in [0.2, 0.25) is 0 Å². The molecule has 0 N–H and O–H groups in total. The van der Waals surface area contributed by atoms with Crippen LogP contribution in [0.4, 0.5) is 0 Å². The molecule has 5 aromatic rings. The molecule has 1 aliphatic rings. The fourth-order valence-electron chi connectivity index (χ4n) is 5.22. The van der Waals surface area contributed by atoms with Crippen LogP contribution in [0.2, 0.25) is 0 Å². The zero-order valence-electron chi connectivity index (χ0n) is 17.2. The summed E-state index contributed by atoms with van der Waals surface area (Å²) in [6.07, 6.45) is 2.27. The van der Waals surface area contributed by atoms with Crippen molar-refractivity contribution in [1.82, 2.24) is 0 Å². The Kier molecular flexibility index (Phi) is 3.70. The first-order valence-electron chi connectivity index (χ1n) is 10.6. The summed E-state index contributed by atoms with van der Waals surface area (Å²) >= 11 is 0. The number of hydrogen-bond acceptors (Lipinski definition) is 0. The maximum Gasteiger partial charge on any atom is -0.00666 e. The molecule has 0 amide bonds. The fraction of sp³-hybridized carbons (Fsp3) is 0.0667. The van der Waals surface area contributed by atoms with Crippen LogP contribution in [-0.4, -0.2) is 0 Å². The molecule has 0 atom stereocenters. The minimum atomic E-state index is 1.27. The van der Waals surface area contributed by atoms with Crippen molar-refractivity contribution < 1.29 is 0 Å². The van der Waals surface area contributed by atoms with Crippen molar-refractivity contribution in [2.45, 2.75) is 13.8 Å². The first kappa shape index (κ1) is 17.2. The van der Waals surface area contributed by atoms with Crippen LogP contribution in [0.25, 0.3) is 49.4 Å². The van der Waals surface area contributed by atoms with Crippen molar-refractivity contribution in [1.29, 1.82) is 0 Å². The Balaban J connectivity index is 1.79. The van der Waals surface area contributed by atoms with Gasteiger partial charge in [-0.25, -0.2) is 0 Å². The van der Waals surface area contributed by atoms with Crippen molar-refractivity contribution >= 4 is 27.1 Å². The monoisotopic (exact) mass is 382 g/mol. The lowest BCUT2D eigenvalue weighted by atomic mass is 9.87. The van der Waals surface area contributed by atoms with Gasteiger partial charge in [0.05, 0.1) is 0 Å². The lowest BCUT2D eigenvalue weighted by Crippen LogP contribution is -1.92. The second-order valence-corrected chi connectivity index (χ2v) is 8.10. The molecule has 0 spiro atoms. The molecule has 0 saturated heterocycles. The SMILES string of the molecule is C/C=C1/c2ccccc2-c2cc3c(cc(-c4ccccc4)c4ccccc43)c(C)c21. The molecule has 0 radical (unpaired) electrons. The van der Waals surface area contributed by atoms with Crippen LogP contribution in [0.5, 0.6) is 0 Å². The van der Waals surface area contributed by atoms with E-state index in [9.17, 15) is 0 Å². The molecule has 0 heteroatoms. The van der Waals surface area contributed by atoms with Crippen LogP contribution in [0.3, 0.4) is 0 Å². The van der Waals surface area contributed by atoms with Crippen LogP contribution in [0.15, 0.2) is 97.1 Å². The summed E-state index contributed by atoms with van der Waals surface area (Å²) in [6, 6.07) is 33.2. The smallest absolute Gasteiger partial charge is 0.00666 e. The van der Waals surface area contributed by atoms with Crippen molar-refractivity contribution in [3.8, 4) is 22.3 Å². The first-order valence-corrected chi connectivity index (χ1v) is 10.6. The molecular weight excluding hydrogens is 360 g/mol. The minimum absolute atomic E-state index is 1.27. The molecule has 0 aliphatic heterocycles. The molecule has 0 fully saturated rings. The molecule has 30 heavy (non-hydrogen) atoms. The summed E-state index contributed by atoms with van der Waals surface area (Å²) < 4.78 is 0. The number of benzene rings is 5. The largest absolute Gasteiger partial charge is 0.0791 e. The van der Waals surface area contributed by atoms with Gasteiger partial charge in [-0.15, -0.1) is 0 Å². The topological polar surface area (TPSA) is 0 Å². The Morgan fingerprint density at radius 3 is 1.93 bits per heavy atom. The van der Waals surface area contributed by atoms with Crippen LogP contribution in [0.1, 0.15) is 23.6 Å². The summed E-state index contributed by atoms with van der Waals surface area (Å²) in [5.74, 6) is 0. The van der Waals surface area contributed by atoms with Crippen molar-refractivity contribution in [2.75, 3.05) is 0 Å². The molecule has 1 aliphatic carbocycles. The normalized spacial score (nSPS) is 13.7. The molecule has 0 unspecified atom stereocenters. The van der Waals surface area contributed by atoms with Gasteiger partial charge in [0.25, 0.3) is 0 Å². The fourth-order valence-corrected chi connectivity index (χ4v) is 5.22. The molecule has 0 nitrogen and oxygen atoms in total. The van der Waals surface area contributed by atoms with Gasteiger partial charge < -0.3 is 0 Å². The van der Waals surface area contributed by atoms with Gasteiger partial charge in [0.1, 0.15) is 0 Å². The molecule has 6 rings (SSSR count). The van der Waals surface area contributed by atoms with Crippen molar-refractivity contribution in [3.63, 3.8) is 0 Å². The van der Waals surface area contributed by atoms with Gasteiger partial charge in [0, 0.05) is 0 Å². The Morgan fingerprint density at radius 1 is 0.533 bits per heavy atom. The van der Waals surface area contributed by atoms with Gasteiger partial charge in [-0.05, 0) is 92.0 Å². The lowest BCUT2D eigenvalue weighted by Gasteiger charge is -2.16. The number of aryl methyl sites for hydroxylation is 1. The van der Waals surface area contributed by atoms with Gasteiger partial charge >= 0.3 is 0 Å². The number of allylic oxidation sites excluding steroid dienone is 1. The van der Waals surface area contributed by atoms with E-state index in [0.717, 1.165) is 0 Å². The van der Waals surface area contributed by atoms with E-state index in [1.54, 1.807) is 0 Å². The molecule has 0 saturated carbocycles. The predicted octanol–water partition coefficient (Wildman–Crippen LogP) is 8.40. The van der Waals surface area contributed by atoms with E-state index in [0.29, 0.717) is 0 Å². The first-order chi connectivity index (χ1) is 14.8. The van der Waals surface area contributed by atoms with E-state index in [2.05, 4.69) is 111 Å². The van der Waals surface area contributed by atoms with E-state index in [1.165, 1.54) is 66.1 Å². The Morgan fingerprint density at radius 2 is 1.17 bits per heavy atom. The number of rotatable bonds is 1. The van der Waals surface area contributed by atoms with Crippen LogP contribution >= 0.6 is 0 Å². The molecular formula is C30H22. The average Bonchev–Trinajstić information content (AvgIpc) is 3.13. The maximum absolute atomic E-state index is 2.42. The van der Waals surface area contributed by atoms with Crippen LogP contribution < -0.4 is 0 Å². The third kappa shape index (κ3) is 2.28. The third-order valence-corrected chi connectivity index (χ3v) is 6.57. The highest BCUT2D eigenvalue weighted by atomic mass is 14.3. The highest BCUT2D eigenvalue weighted by Gasteiger charge is 2.26. The summed E-state index contributed by atoms with van der Waals surface area (Å²) in [4.78, 5) is 0. The Hall–Kier alpha value is -3.64. The predicted molar refractivity (Wildman–Crippen MR) is 130 cm³/mol. The molecule has 0 aromatic heterocycles. The highest BCUT2D eigenvalue weighted by molar-refractivity contribution is 6.18. The van der Waals surface area contributed by atoms with E-state index < -0.39 is 0 Å². The zero-order valence-corrected chi connectivity index (χ0v) is 17.2.